The first-order chi connectivity index (χ1) is 6.52. The van der Waals surface area contributed by atoms with Gasteiger partial charge in [-0.3, -0.25) is 4.79 Å². The lowest BCUT2D eigenvalue weighted by molar-refractivity contribution is -0.126. The number of primary amides is 1. The van der Waals surface area contributed by atoms with Crippen LogP contribution in [0.4, 0.5) is 0 Å². The fraction of sp³-hybridized carbons (Fsp3) is 0.909. The minimum Gasteiger partial charge on any atom is -0.368 e. The first-order valence-corrected chi connectivity index (χ1v) is 5.57. The fourth-order valence-electron chi connectivity index (χ4n) is 2.42. The summed E-state index contributed by atoms with van der Waals surface area (Å²) in [5.74, 6) is 1.11. The molecule has 1 rings (SSSR count). The van der Waals surface area contributed by atoms with E-state index < -0.39 is 5.54 Å². The molecule has 3 atom stereocenters. The standard InChI is InChI=1S/C11H22N2O/c1-4-13-11(10(12)14)6-5-8(2)9(3)7-11/h8-9,13H,4-7H2,1-3H3,(H2,12,14). The number of carbonyl (C=O) groups excluding carboxylic acids is 1. The molecule has 0 aromatic rings. The van der Waals surface area contributed by atoms with Crippen LogP contribution in [0.25, 0.3) is 0 Å². The van der Waals surface area contributed by atoms with Crippen molar-refractivity contribution in [3.05, 3.63) is 0 Å². The zero-order chi connectivity index (χ0) is 10.8. The molecule has 1 amide bonds. The third kappa shape index (κ3) is 2.08. The highest BCUT2D eigenvalue weighted by Crippen LogP contribution is 2.35. The summed E-state index contributed by atoms with van der Waals surface area (Å²) < 4.78 is 0. The Labute approximate surface area is 86.4 Å². The van der Waals surface area contributed by atoms with Gasteiger partial charge in [0.25, 0.3) is 0 Å². The molecule has 1 aliphatic rings. The number of hydrogen-bond donors (Lipinski definition) is 2. The molecule has 0 heterocycles. The maximum absolute atomic E-state index is 11.5. The van der Waals surface area contributed by atoms with E-state index in [1.807, 2.05) is 6.92 Å². The Bertz CT molecular complexity index is 217. The van der Waals surface area contributed by atoms with Gasteiger partial charge < -0.3 is 11.1 Å². The van der Waals surface area contributed by atoms with Crippen molar-refractivity contribution < 1.29 is 4.79 Å². The summed E-state index contributed by atoms with van der Waals surface area (Å²) in [4.78, 5) is 11.5. The maximum Gasteiger partial charge on any atom is 0.237 e. The normalized spacial score (nSPS) is 38.2. The number of rotatable bonds is 3. The minimum absolute atomic E-state index is 0.182. The van der Waals surface area contributed by atoms with Gasteiger partial charge in [-0.05, 0) is 37.6 Å². The van der Waals surface area contributed by atoms with Gasteiger partial charge in [0.1, 0.15) is 0 Å². The van der Waals surface area contributed by atoms with Crippen molar-refractivity contribution in [3.8, 4) is 0 Å². The summed E-state index contributed by atoms with van der Waals surface area (Å²) in [6, 6.07) is 0. The highest BCUT2D eigenvalue weighted by Gasteiger charge is 2.41. The molecular weight excluding hydrogens is 176 g/mol. The average Bonchev–Trinajstić information content (AvgIpc) is 2.12. The number of likely N-dealkylation sites (N-methyl/N-ethyl adjacent to an activating group) is 1. The van der Waals surface area contributed by atoms with Crippen molar-refractivity contribution in [1.29, 1.82) is 0 Å². The van der Waals surface area contributed by atoms with Crippen molar-refractivity contribution in [2.24, 2.45) is 17.6 Å². The van der Waals surface area contributed by atoms with Gasteiger partial charge in [0.15, 0.2) is 0 Å². The molecule has 0 spiro atoms. The Morgan fingerprint density at radius 3 is 2.57 bits per heavy atom. The summed E-state index contributed by atoms with van der Waals surface area (Å²) in [5.41, 5.74) is 5.06. The van der Waals surface area contributed by atoms with Gasteiger partial charge in [-0.1, -0.05) is 20.8 Å². The lowest BCUT2D eigenvalue weighted by Gasteiger charge is -2.41. The number of nitrogens with one attached hydrogen (secondary N) is 1. The number of amides is 1. The molecule has 0 aromatic carbocycles. The van der Waals surface area contributed by atoms with E-state index in [2.05, 4.69) is 19.2 Å². The molecular formula is C11H22N2O. The number of hydrogen-bond acceptors (Lipinski definition) is 2. The molecule has 0 bridgehead atoms. The quantitative estimate of drug-likeness (QED) is 0.717. The minimum atomic E-state index is -0.430. The number of carbonyl (C=O) groups is 1. The molecule has 3 unspecified atom stereocenters. The zero-order valence-electron chi connectivity index (χ0n) is 9.47. The molecule has 0 radical (unpaired) electrons. The van der Waals surface area contributed by atoms with E-state index in [1.165, 1.54) is 0 Å². The zero-order valence-corrected chi connectivity index (χ0v) is 9.47. The molecule has 3 N–H and O–H groups in total. The van der Waals surface area contributed by atoms with Crippen LogP contribution in [0.15, 0.2) is 0 Å². The van der Waals surface area contributed by atoms with Crippen LogP contribution in [0.5, 0.6) is 0 Å². The first kappa shape index (κ1) is 11.5. The van der Waals surface area contributed by atoms with E-state index in [0.717, 1.165) is 25.8 Å². The Morgan fingerprint density at radius 1 is 1.50 bits per heavy atom. The lowest BCUT2D eigenvalue weighted by atomic mass is 9.71. The highest BCUT2D eigenvalue weighted by atomic mass is 16.1. The molecule has 1 fully saturated rings. The van der Waals surface area contributed by atoms with Crippen LogP contribution in [0.2, 0.25) is 0 Å². The third-order valence-electron chi connectivity index (χ3n) is 3.66. The van der Waals surface area contributed by atoms with Gasteiger partial charge in [0.05, 0.1) is 5.54 Å². The van der Waals surface area contributed by atoms with E-state index in [-0.39, 0.29) is 5.91 Å². The second-order valence-electron chi connectivity index (χ2n) is 4.67. The van der Waals surface area contributed by atoms with Gasteiger partial charge in [0, 0.05) is 0 Å². The summed E-state index contributed by atoms with van der Waals surface area (Å²) in [7, 11) is 0. The van der Waals surface area contributed by atoms with Crippen molar-refractivity contribution in [2.75, 3.05) is 6.54 Å². The Hall–Kier alpha value is -0.570. The largest absolute Gasteiger partial charge is 0.368 e. The van der Waals surface area contributed by atoms with Gasteiger partial charge in [0.2, 0.25) is 5.91 Å². The molecule has 14 heavy (non-hydrogen) atoms. The second-order valence-corrected chi connectivity index (χ2v) is 4.67. The van der Waals surface area contributed by atoms with Crippen molar-refractivity contribution in [1.82, 2.24) is 5.32 Å². The van der Waals surface area contributed by atoms with Gasteiger partial charge >= 0.3 is 0 Å². The topological polar surface area (TPSA) is 55.1 Å². The Balaban J connectivity index is 2.74. The van der Waals surface area contributed by atoms with E-state index in [9.17, 15) is 4.79 Å². The van der Waals surface area contributed by atoms with Crippen LogP contribution >= 0.6 is 0 Å². The molecule has 82 valence electrons. The fourth-order valence-corrected chi connectivity index (χ4v) is 2.42. The van der Waals surface area contributed by atoms with Crippen molar-refractivity contribution in [2.45, 2.75) is 45.6 Å². The second kappa shape index (κ2) is 4.30. The third-order valence-corrected chi connectivity index (χ3v) is 3.66. The summed E-state index contributed by atoms with van der Waals surface area (Å²) >= 11 is 0. The molecule has 0 saturated heterocycles. The van der Waals surface area contributed by atoms with E-state index in [4.69, 9.17) is 5.73 Å². The van der Waals surface area contributed by atoms with E-state index >= 15 is 0 Å². The van der Waals surface area contributed by atoms with Crippen LogP contribution in [0.3, 0.4) is 0 Å². The Kier molecular flexibility index (Phi) is 3.53. The van der Waals surface area contributed by atoms with Gasteiger partial charge in [-0.25, -0.2) is 0 Å². The average molecular weight is 198 g/mol. The molecule has 1 saturated carbocycles. The van der Waals surface area contributed by atoms with Crippen LogP contribution in [-0.4, -0.2) is 18.0 Å². The maximum atomic E-state index is 11.5. The molecule has 0 aromatic heterocycles. The summed E-state index contributed by atoms with van der Waals surface area (Å²) in [6.45, 7) is 7.29. The summed E-state index contributed by atoms with van der Waals surface area (Å²) in [5, 5.41) is 3.27. The monoisotopic (exact) mass is 198 g/mol. The molecule has 1 aliphatic carbocycles. The lowest BCUT2D eigenvalue weighted by Crippen LogP contribution is -2.58. The van der Waals surface area contributed by atoms with Gasteiger partial charge in [-0.2, -0.15) is 0 Å². The smallest absolute Gasteiger partial charge is 0.237 e. The molecule has 3 nitrogen and oxygen atoms in total. The molecule has 0 aliphatic heterocycles. The van der Waals surface area contributed by atoms with Crippen molar-refractivity contribution in [3.63, 3.8) is 0 Å². The van der Waals surface area contributed by atoms with Crippen molar-refractivity contribution >= 4 is 5.91 Å². The first-order valence-electron chi connectivity index (χ1n) is 5.57. The van der Waals surface area contributed by atoms with Crippen LogP contribution in [0, 0.1) is 11.8 Å². The highest BCUT2D eigenvalue weighted by molar-refractivity contribution is 5.84. The SMILES string of the molecule is CCNC1(C(N)=O)CCC(C)C(C)C1. The predicted molar refractivity (Wildman–Crippen MR) is 57.8 cm³/mol. The molecule has 3 heteroatoms. The van der Waals surface area contributed by atoms with Crippen LogP contribution in [-0.2, 0) is 4.79 Å². The van der Waals surface area contributed by atoms with Crippen LogP contribution < -0.4 is 11.1 Å². The Morgan fingerprint density at radius 2 is 2.14 bits per heavy atom. The van der Waals surface area contributed by atoms with E-state index in [0.29, 0.717) is 11.8 Å². The number of nitrogens with two attached hydrogens (primary N) is 1. The predicted octanol–water partition coefficient (Wildman–Crippen LogP) is 1.28. The summed E-state index contributed by atoms with van der Waals surface area (Å²) in [6.07, 6.45) is 2.87. The van der Waals surface area contributed by atoms with Crippen LogP contribution in [0.1, 0.15) is 40.0 Å². The van der Waals surface area contributed by atoms with Gasteiger partial charge in [-0.15, -0.1) is 0 Å². The van der Waals surface area contributed by atoms with E-state index in [1.54, 1.807) is 0 Å².